The molecule has 1 aliphatic heterocycles. The van der Waals surface area contributed by atoms with Gasteiger partial charge in [0.15, 0.2) is 0 Å². The molecule has 156 valence electrons. The van der Waals surface area contributed by atoms with Gasteiger partial charge in [-0.15, -0.1) is 0 Å². The van der Waals surface area contributed by atoms with Gasteiger partial charge in [0.2, 0.25) is 15.9 Å². The minimum atomic E-state index is -3.69. The van der Waals surface area contributed by atoms with Gasteiger partial charge in [-0.25, -0.2) is 8.42 Å². The topological polar surface area (TPSA) is 75.5 Å². The van der Waals surface area contributed by atoms with Crippen molar-refractivity contribution >= 4 is 45.2 Å². The number of carbonyl (C=O) groups is 1. The van der Waals surface area contributed by atoms with Gasteiger partial charge in [0.05, 0.1) is 20.6 Å². The van der Waals surface area contributed by atoms with Crippen LogP contribution in [-0.2, 0) is 21.9 Å². The van der Waals surface area contributed by atoms with Gasteiger partial charge in [0, 0.05) is 50.6 Å². The fourth-order valence-electron chi connectivity index (χ4n) is 3.23. The molecule has 10 heteroatoms. The summed E-state index contributed by atoms with van der Waals surface area (Å²) < 4.78 is 28.8. The van der Waals surface area contributed by atoms with Crippen LogP contribution >= 0.6 is 23.2 Å². The predicted molar refractivity (Wildman–Crippen MR) is 114 cm³/mol. The molecule has 0 atom stereocenters. The van der Waals surface area contributed by atoms with Crippen molar-refractivity contribution in [2.75, 3.05) is 26.2 Å². The average molecular weight is 457 g/mol. The molecule has 0 bridgehead atoms. The number of sulfonamides is 1. The van der Waals surface area contributed by atoms with E-state index in [0.717, 1.165) is 17.0 Å². The van der Waals surface area contributed by atoms with Crippen molar-refractivity contribution < 1.29 is 13.2 Å². The van der Waals surface area contributed by atoms with E-state index < -0.39 is 10.0 Å². The molecule has 0 N–H and O–H groups in total. The van der Waals surface area contributed by atoms with Gasteiger partial charge in [-0.1, -0.05) is 23.2 Å². The molecule has 2 heterocycles. The summed E-state index contributed by atoms with van der Waals surface area (Å²) in [6, 6.07) is 4.24. The fourth-order valence-corrected chi connectivity index (χ4v) is 5.04. The smallest absolute Gasteiger partial charge is 0.246 e. The predicted octanol–water partition coefficient (Wildman–Crippen LogP) is 2.89. The third-order valence-corrected chi connectivity index (χ3v) is 7.67. The highest BCUT2D eigenvalue weighted by molar-refractivity contribution is 7.89. The Morgan fingerprint density at radius 1 is 1.10 bits per heavy atom. The Bertz CT molecular complexity index is 1070. The van der Waals surface area contributed by atoms with E-state index in [-0.39, 0.29) is 28.9 Å². The van der Waals surface area contributed by atoms with E-state index in [9.17, 15) is 13.2 Å². The summed E-state index contributed by atoms with van der Waals surface area (Å²) in [6.45, 7) is 4.89. The van der Waals surface area contributed by atoms with Crippen molar-refractivity contribution in [2.45, 2.75) is 18.7 Å². The number of aromatic nitrogens is 2. The van der Waals surface area contributed by atoms with Gasteiger partial charge >= 0.3 is 0 Å². The van der Waals surface area contributed by atoms with Gasteiger partial charge in [0.1, 0.15) is 0 Å². The van der Waals surface area contributed by atoms with Crippen LogP contribution in [0.15, 0.2) is 29.2 Å². The lowest BCUT2D eigenvalue weighted by atomic mass is 10.2. The number of hydrogen-bond acceptors (Lipinski definition) is 4. The molecule has 2 aromatic rings. The molecule has 0 saturated carbocycles. The lowest BCUT2D eigenvalue weighted by Crippen LogP contribution is -2.50. The molecule has 29 heavy (non-hydrogen) atoms. The molecule has 3 rings (SSSR count). The third kappa shape index (κ3) is 4.50. The standard InChI is InChI=1S/C19H22Cl2N4O3S/c1-13-16(14(2)23(3)22-13)5-7-19(26)24-8-10-25(11-9-24)29(27,28)15-4-6-17(20)18(21)12-15/h4-7,12H,8-11H2,1-3H3. The summed E-state index contributed by atoms with van der Waals surface area (Å²) in [5.41, 5.74) is 2.75. The number of aryl methyl sites for hydroxylation is 2. The Labute approximate surface area is 180 Å². The molecule has 1 fully saturated rings. The summed E-state index contributed by atoms with van der Waals surface area (Å²) in [7, 11) is -1.83. The summed E-state index contributed by atoms with van der Waals surface area (Å²) in [5, 5.41) is 4.81. The zero-order chi connectivity index (χ0) is 21.3. The first-order valence-electron chi connectivity index (χ1n) is 9.03. The second-order valence-corrected chi connectivity index (χ2v) is 9.60. The maximum Gasteiger partial charge on any atom is 0.246 e. The van der Waals surface area contributed by atoms with E-state index in [1.54, 1.807) is 15.7 Å². The van der Waals surface area contributed by atoms with Crippen LogP contribution in [0.3, 0.4) is 0 Å². The van der Waals surface area contributed by atoms with Crippen LogP contribution in [-0.4, -0.2) is 59.5 Å². The van der Waals surface area contributed by atoms with Crippen LogP contribution in [0.25, 0.3) is 6.08 Å². The normalized spacial score (nSPS) is 16.0. The molecule has 7 nitrogen and oxygen atoms in total. The Morgan fingerprint density at radius 3 is 2.31 bits per heavy atom. The van der Waals surface area contributed by atoms with Gasteiger partial charge in [-0.2, -0.15) is 9.40 Å². The monoisotopic (exact) mass is 456 g/mol. The van der Waals surface area contributed by atoms with Gasteiger partial charge in [-0.3, -0.25) is 9.48 Å². The number of rotatable bonds is 4. The van der Waals surface area contributed by atoms with E-state index in [1.807, 2.05) is 20.9 Å². The first-order valence-corrected chi connectivity index (χ1v) is 11.2. The Hall–Kier alpha value is -1.87. The van der Waals surface area contributed by atoms with Crippen LogP contribution in [0.2, 0.25) is 10.0 Å². The quantitative estimate of drug-likeness (QED) is 0.662. The van der Waals surface area contributed by atoms with Crippen LogP contribution in [0.1, 0.15) is 17.0 Å². The summed E-state index contributed by atoms with van der Waals surface area (Å²) >= 11 is 11.8. The van der Waals surface area contributed by atoms with Crippen molar-refractivity contribution in [1.29, 1.82) is 0 Å². The number of halogens is 2. The van der Waals surface area contributed by atoms with E-state index >= 15 is 0 Å². The molecule has 0 spiro atoms. The lowest BCUT2D eigenvalue weighted by molar-refractivity contribution is -0.127. The molecular weight excluding hydrogens is 435 g/mol. The largest absolute Gasteiger partial charge is 0.337 e. The van der Waals surface area contributed by atoms with Crippen LogP contribution in [0.4, 0.5) is 0 Å². The lowest BCUT2D eigenvalue weighted by Gasteiger charge is -2.33. The summed E-state index contributed by atoms with van der Waals surface area (Å²) in [5.74, 6) is -0.153. The zero-order valence-electron chi connectivity index (χ0n) is 16.4. The highest BCUT2D eigenvalue weighted by Crippen LogP contribution is 2.27. The average Bonchev–Trinajstić information content (AvgIpc) is 2.93. The molecule has 0 aliphatic carbocycles. The molecular formula is C19H22Cl2N4O3S. The van der Waals surface area contributed by atoms with Crippen molar-refractivity contribution in [2.24, 2.45) is 7.05 Å². The minimum Gasteiger partial charge on any atom is -0.337 e. The van der Waals surface area contributed by atoms with E-state index in [0.29, 0.717) is 18.1 Å². The second kappa shape index (κ2) is 8.47. The second-order valence-electron chi connectivity index (χ2n) is 6.85. The van der Waals surface area contributed by atoms with Crippen LogP contribution in [0.5, 0.6) is 0 Å². The van der Waals surface area contributed by atoms with Crippen LogP contribution < -0.4 is 0 Å². The Balaban J connectivity index is 1.66. The minimum absolute atomic E-state index is 0.0918. The molecule has 0 unspecified atom stereocenters. The Morgan fingerprint density at radius 2 is 1.76 bits per heavy atom. The molecule has 0 radical (unpaired) electrons. The van der Waals surface area contributed by atoms with Gasteiger partial charge in [0.25, 0.3) is 0 Å². The van der Waals surface area contributed by atoms with Crippen molar-refractivity contribution in [3.8, 4) is 0 Å². The number of nitrogens with zero attached hydrogens (tertiary/aromatic N) is 4. The van der Waals surface area contributed by atoms with Gasteiger partial charge in [-0.05, 0) is 38.1 Å². The number of piperazine rings is 1. The number of carbonyl (C=O) groups excluding carboxylic acids is 1. The molecule has 1 aromatic heterocycles. The molecule has 1 saturated heterocycles. The first-order chi connectivity index (χ1) is 13.6. The van der Waals surface area contributed by atoms with Crippen molar-refractivity contribution in [3.05, 3.63) is 51.3 Å². The van der Waals surface area contributed by atoms with E-state index in [4.69, 9.17) is 23.2 Å². The van der Waals surface area contributed by atoms with Crippen molar-refractivity contribution in [3.63, 3.8) is 0 Å². The number of amides is 1. The summed E-state index contributed by atoms with van der Waals surface area (Å²) in [6.07, 6.45) is 3.28. The molecule has 1 aromatic carbocycles. The Kier molecular flexibility index (Phi) is 6.38. The first kappa shape index (κ1) is 21.8. The number of hydrogen-bond donors (Lipinski definition) is 0. The number of benzene rings is 1. The zero-order valence-corrected chi connectivity index (χ0v) is 18.7. The van der Waals surface area contributed by atoms with Crippen LogP contribution in [0, 0.1) is 13.8 Å². The molecule has 1 amide bonds. The SMILES string of the molecule is Cc1nn(C)c(C)c1C=CC(=O)N1CCN(S(=O)(=O)c2ccc(Cl)c(Cl)c2)CC1. The van der Waals surface area contributed by atoms with E-state index in [2.05, 4.69) is 5.10 Å². The maximum atomic E-state index is 12.8. The van der Waals surface area contributed by atoms with Gasteiger partial charge < -0.3 is 4.90 Å². The summed E-state index contributed by atoms with van der Waals surface area (Å²) in [4.78, 5) is 14.3. The highest BCUT2D eigenvalue weighted by Gasteiger charge is 2.30. The third-order valence-electron chi connectivity index (χ3n) is 5.04. The van der Waals surface area contributed by atoms with E-state index in [1.165, 1.54) is 28.6 Å². The maximum absolute atomic E-state index is 12.8. The van der Waals surface area contributed by atoms with Crippen molar-refractivity contribution in [1.82, 2.24) is 19.0 Å². The fraction of sp³-hybridized carbons (Fsp3) is 0.368. The molecule has 1 aliphatic rings. The highest BCUT2D eigenvalue weighted by atomic mass is 35.5.